The zero-order valence-corrected chi connectivity index (χ0v) is 13.8. The average Bonchev–Trinajstić information content (AvgIpc) is 2.88. The van der Waals surface area contributed by atoms with Gasteiger partial charge in [-0.3, -0.25) is 4.79 Å². The second kappa shape index (κ2) is 4.95. The third-order valence-corrected chi connectivity index (χ3v) is 6.94. The van der Waals surface area contributed by atoms with E-state index in [1.165, 1.54) is 16.7 Å². The van der Waals surface area contributed by atoms with E-state index in [1.54, 1.807) is 0 Å². The van der Waals surface area contributed by atoms with Crippen LogP contribution < -0.4 is 0 Å². The summed E-state index contributed by atoms with van der Waals surface area (Å²) in [4.78, 5) is 11.7. The van der Waals surface area contributed by atoms with E-state index in [9.17, 15) is 9.90 Å². The van der Waals surface area contributed by atoms with Crippen molar-refractivity contribution in [1.82, 2.24) is 0 Å². The number of rotatable bonds is 1. The zero-order chi connectivity index (χ0) is 16.2. The maximum Gasteiger partial charge on any atom is 0.156 e. The Morgan fingerprint density at radius 3 is 2.91 bits per heavy atom. The summed E-state index contributed by atoms with van der Waals surface area (Å²) in [6.45, 7) is 2.15. The SMILES string of the molecule is C#C[C@]1(O)CCC2C3CCC4=CC(=O)CCC4=C3C=CC21CC. The number of terminal acetylenes is 1. The number of hydrogen-bond donors (Lipinski definition) is 1. The highest BCUT2D eigenvalue weighted by Gasteiger charge is 2.60. The van der Waals surface area contributed by atoms with Crippen LogP contribution in [0.2, 0.25) is 0 Å². The van der Waals surface area contributed by atoms with E-state index in [0.29, 0.717) is 24.7 Å². The molecule has 1 saturated carbocycles. The van der Waals surface area contributed by atoms with E-state index in [4.69, 9.17) is 6.42 Å². The second-order valence-electron chi connectivity index (χ2n) is 7.59. The van der Waals surface area contributed by atoms with Gasteiger partial charge in [0.1, 0.15) is 5.60 Å². The minimum atomic E-state index is -1.00. The van der Waals surface area contributed by atoms with Crippen LogP contribution >= 0.6 is 0 Å². The molecule has 2 heteroatoms. The second-order valence-corrected chi connectivity index (χ2v) is 7.59. The highest BCUT2D eigenvalue weighted by Crippen LogP contribution is 2.62. The molecule has 120 valence electrons. The summed E-state index contributed by atoms with van der Waals surface area (Å²) in [7, 11) is 0. The molecular weight excluding hydrogens is 284 g/mol. The van der Waals surface area contributed by atoms with Crippen LogP contribution in [0.15, 0.2) is 34.9 Å². The molecule has 4 aliphatic rings. The third-order valence-electron chi connectivity index (χ3n) is 6.94. The number of ketones is 1. The quantitative estimate of drug-likeness (QED) is 0.750. The van der Waals surface area contributed by atoms with Crippen molar-refractivity contribution in [3.63, 3.8) is 0 Å². The number of allylic oxidation sites excluding steroid dienone is 5. The zero-order valence-electron chi connectivity index (χ0n) is 13.8. The Morgan fingerprint density at radius 2 is 2.17 bits per heavy atom. The molecule has 0 saturated heterocycles. The first-order chi connectivity index (χ1) is 11.0. The summed E-state index contributed by atoms with van der Waals surface area (Å²) in [6.07, 6.45) is 18.2. The molecule has 3 unspecified atom stereocenters. The first-order valence-corrected chi connectivity index (χ1v) is 8.91. The van der Waals surface area contributed by atoms with Gasteiger partial charge < -0.3 is 5.11 Å². The van der Waals surface area contributed by atoms with Crippen LogP contribution in [0.3, 0.4) is 0 Å². The van der Waals surface area contributed by atoms with Crippen molar-refractivity contribution in [1.29, 1.82) is 0 Å². The van der Waals surface area contributed by atoms with Gasteiger partial charge in [-0.2, -0.15) is 0 Å². The Hall–Kier alpha value is -1.59. The van der Waals surface area contributed by atoms with Crippen molar-refractivity contribution >= 4 is 5.78 Å². The van der Waals surface area contributed by atoms with Crippen molar-refractivity contribution in [2.45, 2.75) is 57.5 Å². The number of carbonyl (C=O) groups excluding carboxylic acids is 1. The number of fused-ring (bicyclic) bond motifs is 4. The molecule has 0 heterocycles. The molecule has 4 atom stereocenters. The van der Waals surface area contributed by atoms with Gasteiger partial charge in [-0.1, -0.05) is 25.0 Å². The van der Waals surface area contributed by atoms with E-state index in [-0.39, 0.29) is 11.2 Å². The standard InChI is InChI=1S/C21H24O2/c1-3-20-11-9-17-16-8-6-15(22)13-14(16)5-7-18(17)19(20)10-12-21(20,23)4-2/h2,9,11,13,18-19,23H,3,5-8,10,12H2,1H3/t18?,19?,20?,21-/m0/s1. The average molecular weight is 308 g/mol. The summed E-state index contributed by atoms with van der Waals surface area (Å²) in [5.41, 5.74) is 2.80. The molecule has 0 amide bonds. The lowest BCUT2D eigenvalue weighted by Gasteiger charge is -2.48. The van der Waals surface area contributed by atoms with Gasteiger partial charge in [0.2, 0.25) is 0 Å². The maximum atomic E-state index is 11.7. The van der Waals surface area contributed by atoms with Crippen LogP contribution in [0.1, 0.15) is 51.9 Å². The molecule has 4 aliphatic carbocycles. The number of hydrogen-bond acceptors (Lipinski definition) is 2. The van der Waals surface area contributed by atoms with E-state index < -0.39 is 5.60 Å². The fraction of sp³-hybridized carbons (Fsp3) is 0.571. The third kappa shape index (κ3) is 1.83. The van der Waals surface area contributed by atoms with Crippen LogP contribution in [-0.2, 0) is 4.79 Å². The van der Waals surface area contributed by atoms with Gasteiger partial charge in [0, 0.05) is 11.8 Å². The Morgan fingerprint density at radius 1 is 1.35 bits per heavy atom. The van der Waals surface area contributed by atoms with E-state index in [2.05, 4.69) is 25.0 Å². The molecule has 1 fully saturated rings. The van der Waals surface area contributed by atoms with Gasteiger partial charge in [-0.25, -0.2) is 0 Å². The minimum Gasteiger partial charge on any atom is -0.377 e. The fourth-order valence-electron chi connectivity index (χ4n) is 5.75. The van der Waals surface area contributed by atoms with Crippen LogP contribution in [0.4, 0.5) is 0 Å². The van der Waals surface area contributed by atoms with Crippen molar-refractivity contribution < 1.29 is 9.90 Å². The molecule has 23 heavy (non-hydrogen) atoms. The monoisotopic (exact) mass is 308 g/mol. The largest absolute Gasteiger partial charge is 0.377 e. The summed E-state index contributed by atoms with van der Waals surface area (Å²) >= 11 is 0. The molecule has 0 aromatic heterocycles. The number of aliphatic hydroxyl groups is 1. The Labute approximate surface area is 138 Å². The Bertz CT molecular complexity index is 702. The van der Waals surface area contributed by atoms with Crippen LogP contribution in [0, 0.1) is 29.6 Å². The first kappa shape index (κ1) is 15.0. The summed E-state index contributed by atoms with van der Waals surface area (Å²) < 4.78 is 0. The predicted molar refractivity (Wildman–Crippen MR) is 90.4 cm³/mol. The molecule has 0 aromatic carbocycles. The summed E-state index contributed by atoms with van der Waals surface area (Å²) in [5, 5.41) is 11.0. The molecule has 0 aliphatic heterocycles. The van der Waals surface area contributed by atoms with Crippen LogP contribution in [-0.4, -0.2) is 16.5 Å². The molecule has 0 radical (unpaired) electrons. The minimum absolute atomic E-state index is 0.271. The van der Waals surface area contributed by atoms with Gasteiger partial charge in [0.15, 0.2) is 5.78 Å². The topological polar surface area (TPSA) is 37.3 Å². The van der Waals surface area contributed by atoms with Crippen LogP contribution in [0.5, 0.6) is 0 Å². The lowest BCUT2D eigenvalue weighted by Crippen LogP contribution is -2.48. The van der Waals surface area contributed by atoms with Gasteiger partial charge in [0.25, 0.3) is 0 Å². The van der Waals surface area contributed by atoms with E-state index >= 15 is 0 Å². The molecule has 0 bridgehead atoms. The fourth-order valence-corrected chi connectivity index (χ4v) is 5.75. The van der Waals surface area contributed by atoms with E-state index in [0.717, 1.165) is 32.1 Å². The van der Waals surface area contributed by atoms with Crippen molar-refractivity contribution in [2.75, 3.05) is 0 Å². The normalized spacial score (nSPS) is 41.8. The van der Waals surface area contributed by atoms with Crippen molar-refractivity contribution in [2.24, 2.45) is 17.3 Å². The molecule has 1 N–H and O–H groups in total. The lowest BCUT2D eigenvalue weighted by atomic mass is 9.56. The first-order valence-electron chi connectivity index (χ1n) is 8.91. The Balaban J connectivity index is 1.85. The lowest BCUT2D eigenvalue weighted by molar-refractivity contribution is -0.114. The molecule has 2 nitrogen and oxygen atoms in total. The van der Waals surface area contributed by atoms with Crippen LogP contribution in [0.25, 0.3) is 0 Å². The highest BCUT2D eigenvalue weighted by molar-refractivity contribution is 5.93. The van der Waals surface area contributed by atoms with Gasteiger partial charge in [0.05, 0.1) is 0 Å². The maximum absolute atomic E-state index is 11.7. The number of carbonyl (C=O) groups is 1. The smallest absolute Gasteiger partial charge is 0.156 e. The van der Waals surface area contributed by atoms with Gasteiger partial charge >= 0.3 is 0 Å². The summed E-state index contributed by atoms with van der Waals surface area (Å²) in [5.74, 6) is 3.91. The predicted octanol–water partition coefficient (Wildman–Crippen LogP) is 3.72. The van der Waals surface area contributed by atoms with Crippen molar-refractivity contribution in [3.8, 4) is 12.3 Å². The molecule has 4 rings (SSSR count). The van der Waals surface area contributed by atoms with Gasteiger partial charge in [-0.05, 0) is 73.2 Å². The van der Waals surface area contributed by atoms with Gasteiger partial charge in [-0.15, -0.1) is 6.42 Å². The molecular formula is C21H24O2. The Kier molecular flexibility index (Phi) is 3.22. The molecule has 0 aromatic rings. The van der Waals surface area contributed by atoms with E-state index in [1.807, 2.05) is 6.08 Å². The highest BCUT2D eigenvalue weighted by atomic mass is 16.3. The summed E-state index contributed by atoms with van der Waals surface area (Å²) in [6, 6.07) is 0. The van der Waals surface area contributed by atoms with Crippen molar-refractivity contribution in [3.05, 3.63) is 34.9 Å². The molecule has 0 spiro atoms.